The van der Waals surface area contributed by atoms with Crippen LogP contribution in [0.5, 0.6) is 5.75 Å². The minimum Gasteiger partial charge on any atom is -0.487 e. The van der Waals surface area contributed by atoms with E-state index in [9.17, 15) is 28.8 Å². The summed E-state index contributed by atoms with van der Waals surface area (Å²) in [5, 5.41) is 9.82. The van der Waals surface area contributed by atoms with Gasteiger partial charge in [0.15, 0.2) is 0 Å². The van der Waals surface area contributed by atoms with Crippen LogP contribution in [-0.2, 0) is 21.4 Å². The van der Waals surface area contributed by atoms with Crippen molar-refractivity contribution in [1.29, 1.82) is 0 Å². The SMILES string of the molecule is CN1CC(Nc2cnn(C)c(=O)c2Br)C[C@H](C2C=CC(C(=O)N3CC(Oc4ccc5c(c4)C(=O)N(C4CCC(=O)NC4=O)C5=O)C3)=CC2)C1. The summed E-state index contributed by atoms with van der Waals surface area (Å²) in [6.45, 7) is 2.54. The van der Waals surface area contributed by atoms with Crippen molar-refractivity contribution < 1.29 is 28.7 Å². The minimum atomic E-state index is -1.03. The molecule has 0 spiro atoms. The van der Waals surface area contributed by atoms with E-state index < -0.39 is 29.7 Å². The van der Waals surface area contributed by atoms with E-state index in [4.69, 9.17) is 4.74 Å². The zero-order valence-corrected chi connectivity index (χ0v) is 28.6. The molecule has 2 N–H and O–H groups in total. The van der Waals surface area contributed by atoms with Gasteiger partial charge in [-0.1, -0.05) is 18.2 Å². The van der Waals surface area contributed by atoms with Crippen LogP contribution in [-0.4, -0.2) is 105 Å². The summed E-state index contributed by atoms with van der Waals surface area (Å²) in [5.41, 5.74) is 1.47. The number of ether oxygens (including phenoxy) is 1. The molecule has 5 aliphatic rings. The van der Waals surface area contributed by atoms with Gasteiger partial charge in [-0.25, -0.2) is 4.68 Å². The van der Waals surface area contributed by atoms with Gasteiger partial charge in [-0.3, -0.25) is 39.0 Å². The number of amides is 5. The van der Waals surface area contributed by atoms with Gasteiger partial charge in [0.25, 0.3) is 23.3 Å². The quantitative estimate of drug-likeness (QED) is 0.399. The molecule has 5 heterocycles. The minimum absolute atomic E-state index is 0.0510. The number of benzene rings is 1. The van der Waals surface area contributed by atoms with Gasteiger partial charge < -0.3 is 19.9 Å². The molecular weight excluding hydrogens is 698 g/mol. The highest BCUT2D eigenvalue weighted by Gasteiger charge is 2.45. The molecular formula is C34H36BrN7O7. The first-order valence-corrected chi connectivity index (χ1v) is 17.1. The van der Waals surface area contributed by atoms with Crippen LogP contribution >= 0.6 is 15.9 Å². The Labute approximate surface area is 290 Å². The number of nitrogens with one attached hydrogen (secondary N) is 2. The Morgan fingerprint density at radius 3 is 2.55 bits per heavy atom. The Balaban J connectivity index is 0.910. The van der Waals surface area contributed by atoms with Crippen LogP contribution in [0.25, 0.3) is 0 Å². The Morgan fingerprint density at radius 2 is 1.82 bits per heavy atom. The van der Waals surface area contributed by atoms with Crippen LogP contribution in [0.2, 0.25) is 0 Å². The third kappa shape index (κ3) is 6.32. The van der Waals surface area contributed by atoms with Gasteiger partial charge in [0.1, 0.15) is 22.4 Å². The summed E-state index contributed by atoms with van der Waals surface area (Å²) in [4.78, 5) is 80.5. The third-order valence-corrected chi connectivity index (χ3v) is 10.7. The average molecular weight is 735 g/mol. The summed E-state index contributed by atoms with van der Waals surface area (Å²) in [5.74, 6) is -1.28. The van der Waals surface area contributed by atoms with E-state index in [0.29, 0.717) is 40.5 Å². The maximum atomic E-state index is 13.3. The maximum absolute atomic E-state index is 13.3. The second kappa shape index (κ2) is 13.0. The van der Waals surface area contributed by atoms with Crippen molar-refractivity contribution in [3.63, 3.8) is 0 Å². The number of allylic oxidation sites excluding steroid dienone is 2. The summed E-state index contributed by atoms with van der Waals surface area (Å²) in [6.07, 6.45) is 9.26. The van der Waals surface area contributed by atoms with Crippen LogP contribution < -0.4 is 20.9 Å². The predicted octanol–water partition coefficient (Wildman–Crippen LogP) is 1.47. The second-order valence-electron chi connectivity index (χ2n) is 13.4. The van der Waals surface area contributed by atoms with Crippen LogP contribution in [0.3, 0.4) is 0 Å². The molecule has 4 aliphatic heterocycles. The lowest BCUT2D eigenvalue weighted by Gasteiger charge is -2.41. The van der Waals surface area contributed by atoms with Crippen molar-refractivity contribution in [2.24, 2.45) is 18.9 Å². The van der Waals surface area contributed by atoms with Crippen molar-refractivity contribution in [1.82, 2.24) is 29.8 Å². The monoisotopic (exact) mass is 733 g/mol. The number of piperidine rings is 2. The van der Waals surface area contributed by atoms with E-state index in [0.717, 1.165) is 30.8 Å². The summed E-state index contributed by atoms with van der Waals surface area (Å²) < 4.78 is 7.81. The van der Waals surface area contributed by atoms with Gasteiger partial charge in [-0.05, 0) is 72.3 Å². The lowest BCUT2D eigenvalue weighted by Crippen LogP contribution is -2.56. The molecule has 49 heavy (non-hydrogen) atoms. The number of rotatable bonds is 7. The van der Waals surface area contributed by atoms with Crippen molar-refractivity contribution in [2.45, 2.75) is 43.9 Å². The smallest absolute Gasteiger partial charge is 0.282 e. The van der Waals surface area contributed by atoms with Gasteiger partial charge in [0.05, 0.1) is 36.1 Å². The number of halogens is 1. The fourth-order valence-corrected chi connectivity index (χ4v) is 7.81. The largest absolute Gasteiger partial charge is 0.487 e. The number of imide groups is 2. The maximum Gasteiger partial charge on any atom is 0.282 e. The van der Waals surface area contributed by atoms with Crippen LogP contribution in [0.15, 0.2) is 57.5 Å². The molecule has 1 aromatic heterocycles. The van der Waals surface area contributed by atoms with E-state index in [1.54, 1.807) is 24.2 Å². The standard InChI is InChI=1S/C34H36BrN7O7/c1-39-14-20(11-21(15-39)37-26-13-36-40(2)34(48)29(26)35)18-3-5-19(6-4-18)31(45)41-16-23(17-41)49-22-7-8-24-25(12-22)33(47)42(32(24)46)27-9-10-28(43)38-30(27)44/h3,5-8,12-13,18,20-21,23,27,37H,4,9-11,14-17H2,1-2H3,(H,38,43,44)/t18?,20-,21?,27?/m0/s1. The number of aromatic nitrogens is 2. The molecule has 3 saturated heterocycles. The Morgan fingerprint density at radius 1 is 1.04 bits per heavy atom. The number of hydrogen-bond acceptors (Lipinski definition) is 10. The van der Waals surface area contributed by atoms with E-state index in [2.05, 4.69) is 49.7 Å². The van der Waals surface area contributed by atoms with Gasteiger partial charge >= 0.3 is 0 Å². The van der Waals surface area contributed by atoms with Gasteiger partial charge in [-0.15, -0.1) is 0 Å². The van der Waals surface area contributed by atoms with Crippen LogP contribution in [0.1, 0.15) is 46.4 Å². The number of carbonyl (C=O) groups excluding carboxylic acids is 5. The summed E-state index contributed by atoms with van der Waals surface area (Å²) in [7, 11) is 3.71. The number of hydrogen-bond donors (Lipinski definition) is 2. The summed E-state index contributed by atoms with van der Waals surface area (Å²) in [6, 6.07) is 3.72. The van der Waals surface area contributed by atoms with Gasteiger partial charge in [-0.2, -0.15) is 5.10 Å². The zero-order chi connectivity index (χ0) is 34.6. The predicted molar refractivity (Wildman–Crippen MR) is 180 cm³/mol. The molecule has 2 aromatic rings. The van der Waals surface area contributed by atoms with Crippen molar-refractivity contribution in [3.05, 3.63) is 74.2 Å². The van der Waals surface area contributed by atoms with Crippen molar-refractivity contribution in [2.75, 3.05) is 38.5 Å². The number of anilines is 1. The Kier molecular flexibility index (Phi) is 8.73. The lowest BCUT2D eigenvalue weighted by molar-refractivity contribution is -0.136. The first-order valence-electron chi connectivity index (χ1n) is 16.3. The molecule has 3 unspecified atom stereocenters. The molecule has 15 heteroatoms. The number of carbonyl (C=O) groups is 5. The van der Waals surface area contributed by atoms with E-state index in [1.165, 1.54) is 16.8 Å². The molecule has 0 radical (unpaired) electrons. The number of likely N-dealkylation sites (N-methyl/N-ethyl adjacent to an activating group) is 1. The van der Waals surface area contributed by atoms with E-state index in [-0.39, 0.29) is 53.5 Å². The normalized spacial score (nSPS) is 25.9. The van der Waals surface area contributed by atoms with Gasteiger partial charge in [0.2, 0.25) is 11.8 Å². The third-order valence-electron chi connectivity index (χ3n) is 9.94. The van der Waals surface area contributed by atoms with Crippen LogP contribution in [0, 0.1) is 11.8 Å². The number of nitrogens with zero attached hydrogens (tertiary/aromatic N) is 5. The fraction of sp³-hybridized carbons (Fsp3) is 0.441. The highest BCUT2D eigenvalue weighted by Crippen LogP contribution is 2.34. The molecule has 0 bridgehead atoms. The van der Waals surface area contributed by atoms with Crippen molar-refractivity contribution in [3.8, 4) is 5.75 Å². The Bertz CT molecular complexity index is 1880. The van der Waals surface area contributed by atoms with E-state index in [1.807, 2.05) is 12.2 Å². The average Bonchev–Trinajstić information content (AvgIpc) is 3.30. The number of likely N-dealkylation sites (tertiary alicyclic amines) is 2. The first kappa shape index (κ1) is 32.9. The molecule has 7 rings (SSSR count). The highest BCUT2D eigenvalue weighted by atomic mass is 79.9. The molecule has 1 aromatic carbocycles. The van der Waals surface area contributed by atoms with Crippen molar-refractivity contribution >= 4 is 51.2 Å². The first-order chi connectivity index (χ1) is 23.5. The zero-order valence-electron chi connectivity index (χ0n) is 27.1. The summed E-state index contributed by atoms with van der Waals surface area (Å²) >= 11 is 3.40. The molecule has 256 valence electrons. The van der Waals surface area contributed by atoms with Gasteiger partial charge in [0, 0.05) is 38.2 Å². The number of fused-ring (bicyclic) bond motifs is 1. The Hall–Kier alpha value is -4.63. The molecule has 5 amide bonds. The van der Waals surface area contributed by atoms with Crippen LogP contribution in [0.4, 0.5) is 5.69 Å². The molecule has 0 saturated carbocycles. The molecule has 4 atom stereocenters. The molecule has 14 nitrogen and oxygen atoms in total. The highest BCUT2D eigenvalue weighted by molar-refractivity contribution is 9.10. The van der Waals surface area contributed by atoms with E-state index >= 15 is 0 Å². The second-order valence-corrected chi connectivity index (χ2v) is 14.2. The fourth-order valence-electron chi connectivity index (χ4n) is 7.33. The molecule has 3 fully saturated rings. The number of aryl methyl sites for hydroxylation is 1. The topological polar surface area (TPSA) is 163 Å². The lowest BCUT2D eigenvalue weighted by atomic mass is 9.79. The molecule has 1 aliphatic carbocycles.